The normalized spacial score (nSPS) is 15.4. The minimum atomic E-state index is -0.853. The Balaban J connectivity index is 2.02. The van der Waals surface area contributed by atoms with E-state index in [9.17, 15) is 4.79 Å². The van der Waals surface area contributed by atoms with Crippen molar-refractivity contribution in [3.05, 3.63) is 76.8 Å². The summed E-state index contributed by atoms with van der Waals surface area (Å²) in [5.41, 5.74) is 3.27. The van der Waals surface area contributed by atoms with Gasteiger partial charge in [0.1, 0.15) is 0 Å². The van der Waals surface area contributed by atoms with Crippen LogP contribution in [0.1, 0.15) is 30.1 Å². The van der Waals surface area contributed by atoms with Gasteiger partial charge in [-0.05, 0) is 30.5 Å². The summed E-state index contributed by atoms with van der Waals surface area (Å²) < 4.78 is 7.38. The van der Waals surface area contributed by atoms with Crippen LogP contribution < -0.4 is 0 Å². The molecule has 5 nitrogen and oxygen atoms in total. The first-order chi connectivity index (χ1) is 13.1. The molecule has 0 spiro atoms. The molecule has 0 bridgehead atoms. The highest BCUT2D eigenvalue weighted by molar-refractivity contribution is 7.98. The first kappa shape index (κ1) is 17.8. The first-order valence-electron chi connectivity index (χ1n) is 8.30. The van der Waals surface area contributed by atoms with Crippen LogP contribution in [-0.4, -0.2) is 27.5 Å². The van der Waals surface area contributed by atoms with E-state index in [1.807, 2.05) is 53.4 Å². The molecule has 0 N–H and O–H groups in total. The standard InChI is InChI=1S/C20H16ClN3O2S/c1-12(25)26-20-19-22-9-10-24(19)17-8-7-13(27-2)11-15(17)18(23-20)14-5-3-4-6-16(14)21/h3-11,20H,1-2H3. The summed E-state index contributed by atoms with van der Waals surface area (Å²) in [7, 11) is 0. The van der Waals surface area contributed by atoms with Gasteiger partial charge in [0, 0.05) is 40.4 Å². The molecule has 3 aromatic rings. The Bertz CT molecular complexity index is 1060. The minimum absolute atomic E-state index is 0.424. The van der Waals surface area contributed by atoms with Crippen LogP contribution in [0.5, 0.6) is 0 Å². The predicted octanol–water partition coefficient (Wildman–Crippen LogP) is 4.66. The van der Waals surface area contributed by atoms with Crippen molar-refractivity contribution >= 4 is 35.0 Å². The molecule has 0 amide bonds. The molecule has 0 saturated carbocycles. The monoisotopic (exact) mass is 397 g/mol. The molecule has 1 atom stereocenters. The number of hydrogen-bond acceptors (Lipinski definition) is 5. The Labute approximate surface area is 166 Å². The number of halogens is 1. The van der Waals surface area contributed by atoms with Gasteiger partial charge in [0.2, 0.25) is 0 Å². The summed E-state index contributed by atoms with van der Waals surface area (Å²) in [5, 5.41) is 0.581. The third kappa shape index (κ3) is 3.26. The maximum absolute atomic E-state index is 11.7. The van der Waals surface area contributed by atoms with Crippen LogP contribution in [0, 0.1) is 0 Å². The molecule has 0 radical (unpaired) electrons. The van der Waals surface area contributed by atoms with Gasteiger partial charge in [0.05, 0.1) is 11.4 Å². The summed E-state index contributed by atoms with van der Waals surface area (Å²) in [6.45, 7) is 1.36. The lowest BCUT2D eigenvalue weighted by atomic mass is 10.0. The van der Waals surface area contributed by atoms with Gasteiger partial charge in [-0.15, -0.1) is 11.8 Å². The molecule has 1 aliphatic rings. The fourth-order valence-electron chi connectivity index (χ4n) is 3.09. The Hall–Kier alpha value is -2.57. The van der Waals surface area contributed by atoms with E-state index in [4.69, 9.17) is 21.3 Å². The zero-order valence-electron chi connectivity index (χ0n) is 14.7. The second-order valence-corrected chi connectivity index (χ2v) is 7.24. The van der Waals surface area contributed by atoms with Gasteiger partial charge in [-0.2, -0.15) is 0 Å². The number of ether oxygens (including phenoxy) is 1. The van der Waals surface area contributed by atoms with Gasteiger partial charge in [-0.3, -0.25) is 9.36 Å². The molecule has 1 unspecified atom stereocenters. The van der Waals surface area contributed by atoms with Gasteiger partial charge in [-0.1, -0.05) is 29.8 Å². The number of rotatable bonds is 3. The molecule has 4 rings (SSSR count). The summed E-state index contributed by atoms with van der Waals surface area (Å²) in [4.78, 5) is 21.9. The van der Waals surface area contributed by atoms with Crippen molar-refractivity contribution in [2.45, 2.75) is 18.0 Å². The number of imidazole rings is 1. The number of benzene rings is 2. The number of fused-ring (bicyclic) bond motifs is 3. The molecule has 7 heteroatoms. The van der Waals surface area contributed by atoms with Crippen LogP contribution in [0.25, 0.3) is 5.69 Å². The Morgan fingerprint density at radius 1 is 1.22 bits per heavy atom. The van der Waals surface area contributed by atoms with Gasteiger partial charge < -0.3 is 4.74 Å². The summed E-state index contributed by atoms with van der Waals surface area (Å²) in [5.74, 6) is 0.123. The molecule has 0 saturated heterocycles. The van der Waals surface area contributed by atoms with Crippen LogP contribution in [-0.2, 0) is 9.53 Å². The zero-order chi connectivity index (χ0) is 19.0. The van der Waals surface area contributed by atoms with Crippen molar-refractivity contribution in [1.82, 2.24) is 9.55 Å². The van der Waals surface area contributed by atoms with E-state index in [1.165, 1.54) is 6.92 Å². The number of carbonyl (C=O) groups excluding carboxylic acids is 1. The van der Waals surface area contributed by atoms with Crippen molar-refractivity contribution in [2.75, 3.05) is 6.26 Å². The van der Waals surface area contributed by atoms with Crippen LogP contribution in [0.3, 0.4) is 0 Å². The molecular weight excluding hydrogens is 382 g/mol. The number of aromatic nitrogens is 2. The number of hydrogen-bond donors (Lipinski definition) is 0. The smallest absolute Gasteiger partial charge is 0.304 e. The second-order valence-electron chi connectivity index (χ2n) is 5.96. The molecule has 0 aliphatic carbocycles. The zero-order valence-corrected chi connectivity index (χ0v) is 16.3. The van der Waals surface area contributed by atoms with Gasteiger partial charge in [0.25, 0.3) is 6.23 Å². The molecule has 136 valence electrons. The Morgan fingerprint density at radius 2 is 2.04 bits per heavy atom. The maximum atomic E-state index is 11.7. The third-order valence-corrected chi connectivity index (χ3v) is 5.32. The van der Waals surface area contributed by atoms with Crippen molar-refractivity contribution in [1.29, 1.82) is 0 Å². The lowest BCUT2D eigenvalue weighted by Crippen LogP contribution is -2.11. The minimum Gasteiger partial charge on any atom is -0.432 e. The number of thioether (sulfide) groups is 1. The number of esters is 1. The third-order valence-electron chi connectivity index (χ3n) is 4.26. The fraction of sp³-hybridized carbons (Fsp3) is 0.150. The summed E-state index contributed by atoms with van der Waals surface area (Å²) in [6, 6.07) is 13.7. The molecule has 1 aromatic heterocycles. The van der Waals surface area contributed by atoms with Gasteiger partial charge in [-0.25, -0.2) is 9.98 Å². The summed E-state index contributed by atoms with van der Waals surface area (Å²) in [6.07, 6.45) is 4.69. The van der Waals surface area contributed by atoms with Crippen LogP contribution in [0.2, 0.25) is 5.02 Å². The van der Waals surface area contributed by atoms with Crippen LogP contribution in [0.15, 0.2) is 64.7 Å². The van der Waals surface area contributed by atoms with E-state index >= 15 is 0 Å². The van der Waals surface area contributed by atoms with Crippen molar-refractivity contribution < 1.29 is 9.53 Å². The maximum Gasteiger partial charge on any atom is 0.304 e. The van der Waals surface area contributed by atoms with Crippen LogP contribution >= 0.6 is 23.4 Å². The SMILES string of the molecule is CSc1ccc2c(c1)C(c1ccccc1Cl)=NC(OC(C)=O)c1nccn1-2. The molecular formula is C20H16ClN3O2S. The van der Waals surface area contributed by atoms with Gasteiger partial charge >= 0.3 is 5.97 Å². The van der Waals surface area contributed by atoms with E-state index in [0.29, 0.717) is 16.6 Å². The topological polar surface area (TPSA) is 56.5 Å². The molecule has 1 aliphatic heterocycles. The number of nitrogens with zero attached hydrogens (tertiary/aromatic N) is 3. The predicted molar refractivity (Wildman–Crippen MR) is 107 cm³/mol. The Kier molecular flexibility index (Phi) is 4.76. The van der Waals surface area contributed by atoms with Crippen molar-refractivity contribution in [2.24, 2.45) is 4.99 Å². The van der Waals surface area contributed by atoms with Crippen molar-refractivity contribution in [3.8, 4) is 5.69 Å². The quantitative estimate of drug-likeness (QED) is 0.476. The van der Waals surface area contributed by atoms with Gasteiger partial charge in [0.15, 0.2) is 5.82 Å². The number of carbonyl (C=O) groups is 1. The molecule has 2 heterocycles. The molecule has 27 heavy (non-hydrogen) atoms. The fourth-order valence-corrected chi connectivity index (χ4v) is 3.76. The van der Waals surface area contributed by atoms with Crippen LogP contribution in [0.4, 0.5) is 0 Å². The Morgan fingerprint density at radius 3 is 2.78 bits per heavy atom. The average Bonchev–Trinajstić information content (AvgIpc) is 3.10. The van der Waals surface area contributed by atoms with E-state index in [0.717, 1.165) is 21.7 Å². The van der Waals surface area contributed by atoms with E-state index < -0.39 is 12.2 Å². The molecule has 0 fully saturated rings. The highest BCUT2D eigenvalue weighted by Crippen LogP contribution is 2.34. The van der Waals surface area contributed by atoms with E-state index in [2.05, 4.69) is 11.1 Å². The summed E-state index contributed by atoms with van der Waals surface area (Å²) >= 11 is 8.12. The van der Waals surface area contributed by atoms with E-state index in [-0.39, 0.29) is 0 Å². The lowest BCUT2D eigenvalue weighted by Gasteiger charge is -2.13. The highest BCUT2D eigenvalue weighted by Gasteiger charge is 2.28. The molecule has 2 aromatic carbocycles. The highest BCUT2D eigenvalue weighted by atomic mass is 35.5. The lowest BCUT2D eigenvalue weighted by molar-refractivity contribution is -0.146. The largest absolute Gasteiger partial charge is 0.432 e. The van der Waals surface area contributed by atoms with E-state index in [1.54, 1.807) is 18.0 Å². The average molecular weight is 398 g/mol. The van der Waals surface area contributed by atoms with Crippen molar-refractivity contribution in [3.63, 3.8) is 0 Å². The first-order valence-corrected chi connectivity index (χ1v) is 9.90. The second kappa shape index (κ2) is 7.21. The number of aliphatic imine (C=N–C) groups is 1.